The molecule has 1 aromatic heterocycles. The molecule has 0 bridgehead atoms. The van der Waals surface area contributed by atoms with Gasteiger partial charge in [0.2, 0.25) is 0 Å². The quantitative estimate of drug-likeness (QED) is 0.606. The molecule has 1 atom stereocenters. The third kappa shape index (κ3) is 2.59. The highest BCUT2D eigenvalue weighted by atomic mass is 32.1. The van der Waals surface area contributed by atoms with Gasteiger partial charge >= 0.3 is 0 Å². The molecule has 0 aliphatic carbocycles. The molecule has 2 rings (SSSR count). The van der Waals surface area contributed by atoms with Gasteiger partial charge in [0.25, 0.3) is 0 Å². The summed E-state index contributed by atoms with van der Waals surface area (Å²) in [5.41, 5.74) is 1.42. The molecule has 0 radical (unpaired) electrons. The third-order valence-electron chi connectivity index (χ3n) is 3.07. The number of hydrogen-bond acceptors (Lipinski definition) is 2. The normalized spacial score (nSPS) is 12.8. The topological polar surface area (TPSA) is 12.0 Å². The lowest BCUT2D eigenvalue weighted by molar-refractivity contribution is 0.587. The molecule has 2 heteroatoms. The maximum Gasteiger partial charge on any atom is 0.0389 e. The van der Waals surface area contributed by atoms with Gasteiger partial charge in [-0.15, -0.1) is 17.9 Å². The molecular weight excluding hydrogens is 226 g/mol. The van der Waals surface area contributed by atoms with Crippen molar-refractivity contribution in [3.63, 3.8) is 0 Å². The van der Waals surface area contributed by atoms with Gasteiger partial charge in [0.05, 0.1) is 0 Å². The second kappa shape index (κ2) is 5.48. The van der Waals surface area contributed by atoms with Crippen LogP contribution in [0.2, 0.25) is 0 Å². The van der Waals surface area contributed by atoms with Crippen LogP contribution in [0.4, 0.5) is 0 Å². The Morgan fingerprint density at radius 2 is 2.18 bits per heavy atom. The Bertz CT molecular complexity index is 513. The van der Waals surface area contributed by atoms with E-state index in [1.54, 1.807) is 0 Å². The average molecular weight is 245 g/mol. The first-order valence-electron chi connectivity index (χ1n) is 6.06. The fraction of sp³-hybridized carbons (Fsp3) is 0.333. The van der Waals surface area contributed by atoms with Crippen LogP contribution in [-0.4, -0.2) is 6.54 Å². The van der Waals surface area contributed by atoms with Crippen LogP contribution in [0.25, 0.3) is 10.1 Å². The smallest absolute Gasteiger partial charge is 0.0389 e. The Morgan fingerprint density at radius 1 is 1.41 bits per heavy atom. The van der Waals surface area contributed by atoms with Gasteiger partial charge in [-0.1, -0.05) is 24.3 Å². The molecule has 0 spiro atoms. The highest BCUT2D eigenvalue weighted by molar-refractivity contribution is 7.19. The number of rotatable bonds is 5. The number of aryl methyl sites for hydroxylation is 1. The zero-order chi connectivity index (χ0) is 12.3. The van der Waals surface area contributed by atoms with Gasteiger partial charge in [-0.3, -0.25) is 0 Å². The van der Waals surface area contributed by atoms with Gasteiger partial charge < -0.3 is 5.32 Å². The van der Waals surface area contributed by atoms with Crippen molar-refractivity contribution in [2.24, 2.45) is 0 Å². The van der Waals surface area contributed by atoms with Crippen LogP contribution in [0.15, 0.2) is 36.9 Å². The molecule has 90 valence electrons. The number of nitrogens with one attached hydrogen (secondary N) is 1. The van der Waals surface area contributed by atoms with E-state index in [1.165, 1.54) is 20.5 Å². The summed E-state index contributed by atoms with van der Waals surface area (Å²) in [7, 11) is 0. The Kier molecular flexibility index (Phi) is 3.97. The Labute approximate surface area is 107 Å². The van der Waals surface area contributed by atoms with Crippen molar-refractivity contribution in [2.45, 2.75) is 26.3 Å². The third-order valence-corrected chi connectivity index (χ3v) is 4.53. The van der Waals surface area contributed by atoms with E-state index in [0.717, 1.165) is 13.0 Å². The Hall–Kier alpha value is -1.12. The van der Waals surface area contributed by atoms with E-state index in [0.29, 0.717) is 6.04 Å². The molecular formula is C15H19NS. The molecule has 1 nitrogen and oxygen atoms in total. The second-order valence-electron chi connectivity index (χ2n) is 4.34. The van der Waals surface area contributed by atoms with Crippen LogP contribution in [-0.2, 0) is 0 Å². The van der Waals surface area contributed by atoms with Crippen LogP contribution >= 0.6 is 11.3 Å². The predicted octanol–water partition coefficient (Wildman–Crippen LogP) is 4.44. The zero-order valence-corrected chi connectivity index (χ0v) is 11.3. The summed E-state index contributed by atoms with van der Waals surface area (Å²) >= 11 is 1.90. The zero-order valence-electron chi connectivity index (χ0n) is 10.5. The first-order valence-corrected chi connectivity index (χ1v) is 6.88. The van der Waals surface area contributed by atoms with E-state index in [-0.39, 0.29) is 0 Å². The highest BCUT2D eigenvalue weighted by Gasteiger charge is 2.13. The molecule has 17 heavy (non-hydrogen) atoms. The van der Waals surface area contributed by atoms with Gasteiger partial charge in [-0.25, -0.2) is 0 Å². The molecule has 1 N–H and O–H groups in total. The maximum absolute atomic E-state index is 3.75. The number of thiophene rings is 1. The lowest BCUT2D eigenvalue weighted by Crippen LogP contribution is -2.19. The molecule has 0 fully saturated rings. The first kappa shape index (κ1) is 12.3. The van der Waals surface area contributed by atoms with E-state index >= 15 is 0 Å². The summed E-state index contributed by atoms with van der Waals surface area (Å²) in [5.74, 6) is 0. The van der Waals surface area contributed by atoms with Crippen LogP contribution < -0.4 is 5.32 Å². The van der Waals surface area contributed by atoms with Crippen molar-refractivity contribution >= 4 is 21.4 Å². The molecule has 1 unspecified atom stereocenters. The molecule has 0 aliphatic heterocycles. The fourth-order valence-corrected chi connectivity index (χ4v) is 3.34. The Morgan fingerprint density at radius 3 is 2.88 bits per heavy atom. The first-order chi connectivity index (χ1) is 8.24. The highest BCUT2D eigenvalue weighted by Crippen LogP contribution is 2.34. The summed E-state index contributed by atoms with van der Waals surface area (Å²) in [4.78, 5) is 1.45. The van der Waals surface area contributed by atoms with E-state index in [2.05, 4.69) is 50.0 Å². The van der Waals surface area contributed by atoms with Crippen LogP contribution in [0.5, 0.6) is 0 Å². The van der Waals surface area contributed by atoms with Crippen molar-refractivity contribution in [1.82, 2.24) is 5.32 Å². The van der Waals surface area contributed by atoms with Crippen LogP contribution in [0.3, 0.4) is 0 Å². The predicted molar refractivity (Wildman–Crippen MR) is 77.8 cm³/mol. The van der Waals surface area contributed by atoms with E-state index in [4.69, 9.17) is 0 Å². The van der Waals surface area contributed by atoms with Crippen molar-refractivity contribution in [3.8, 4) is 0 Å². The Balaban J connectivity index is 2.22. The summed E-state index contributed by atoms with van der Waals surface area (Å²) in [6.45, 7) is 9.20. The van der Waals surface area contributed by atoms with Crippen LogP contribution in [0.1, 0.15) is 29.8 Å². The molecule has 2 aromatic rings. The van der Waals surface area contributed by atoms with Gasteiger partial charge in [0, 0.05) is 15.6 Å². The second-order valence-corrected chi connectivity index (χ2v) is 5.42. The SMILES string of the molecule is C=CCCNC(C)c1sc2ccccc2c1C. The summed E-state index contributed by atoms with van der Waals surface area (Å²) in [6, 6.07) is 9.06. The monoisotopic (exact) mass is 245 g/mol. The van der Waals surface area contributed by atoms with E-state index in [1.807, 2.05) is 17.4 Å². The minimum absolute atomic E-state index is 0.423. The van der Waals surface area contributed by atoms with Crippen LogP contribution in [0, 0.1) is 6.92 Å². The minimum Gasteiger partial charge on any atom is -0.309 e. The van der Waals surface area contributed by atoms with Gasteiger partial charge in [0.1, 0.15) is 0 Å². The number of fused-ring (bicyclic) bond motifs is 1. The van der Waals surface area contributed by atoms with Crippen molar-refractivity contribution in [2.75, 3.05) is 6.54 Å². The molecule has 0 amide bonds. The molecule has 1 heterocycles. The van der Waals surface area contributed by atoms with Gasteiger partial charge in [-0.2, -0.15) is 0 Å². The lowest BCUT2D eigenvalue weighted by atomic mass is 10.1. The number of benzene rings is 1. The summed E-state index contributed by atoms with van der Waals surface area (Å²) in [6.07, 6.45) is 2.98. The average Bonchev–Trinajstić information content (AvgIpc) is 2.68. The minimum atomic E-state index is 0.423. The van der Waals surface area contributed by atoms with E-state index in [9.17, 15) is 0 Å². The van der Waals surface area contributed by atoms with E-state index < -0.39 is 0 Å². The molecule has 0 saturated heterocycles. The number of hydrogen-bond donors (Lipinski definition) is 1. The van der Waals surface area contributed by atoms with Gasteiger partial charge in [0.15, 0.2) is 0 Å². The standard InChI is InChI=1S/C15H19NS/c1-4-5-10-16-12(3)15-11(2)13-8-6-7-9-14(13)17-15/h4,6-9,12,16H,1,5,10H2,2-3H3. The largest absolute Gasteiger partial charge is 0.309 e. The lowest BCUT2D eigenvalue weighted by Gasteiger charge is -2.12. The molecule has 0 saturated carbocycles. The van der Waals surface area contributed by atoms with Crippen molar-refractivity contribution in [3.05, 3.63) is 47.4 Å². The summed E-state index contributed by atoms with van der Waals surface area (Å²) < 4.78 is 1.39. The molecule has 0 aliphatic rings. The van der Waals surface area contributed by atoms with Crippen molar-refractivity contribution < 1.29 is 0 Å². The molecule has 1 aromatic carbocycles. The van der Waals surface area contributed by atoms with Gasteiger partial charge in [-0.05, 0) is 43.8 Å². The fourth-order valence-electron chi connectivity index (χ4n) is 2.10. The summed E-state index contributed by atoms with van der Waals surface area (Å²) in [5, 5.41) is 4.93. The maximum atomic E-state index is 3.75. The van der Waals surface area contributed by atoms with Crippen molar-refractivity contribution in [1.29, 1.82) is 0 Å².